The SMILES string of the molecule is CCn1nc(C)c(C#N)c1C(=O)OC.CCn1nc(C)c(I)c1C(=O)OC.[C-]#N.[Cu+]. The fourth-order valence-corrected chi connectivity index (χ4v) is 2.93. The fourth-order valence-electron chi connectivity index (χ4n) is 2.33. The summed E-state index contributed by atoms with van der Waals surface area (Å²) in [6.07, 6.45) is 0. The van der Waals surface area contributed by atoms with Crippen LogP contribution in [0.2, 0.25) is 0 Å². The van der Waals surface area contributed by atoms with E-state index in [-0.39, 0.29) is 28.7 Å². The molecule has 0 amide bonds. The molecule has 0 aromatic carbocycles. The number of halogens is 1. The zero-order valence-electron chi connectivity index (χ0n) is 17.4. The summed E-state index contributed by atoms with van der Waals surface area (Å²) in [4.78, 5) is 22.7. The topological polar surface area (TPSA) is 136 Å². The Morgan fingerprint density at radius 1 is 1.00 bits per heavy atom. The molecule has 12 heteroatoms. The Labute approximate surface area is 199 Å². The average Bonchev–Trinajstić information content (AvgIpc) is 3.23. The third kappa shape index (κ3) is 6.83. The maximum atomic E-state index is 11.4. The first kappa shape index (κ1) is 29.8. The molecule has 0 saturated heterocycles. The zero-order chi connectivity index (χ0) is 22.7. The van der Waals surface area contributed by atoms with Crippen LogP contribution in [-0.4, -0.2) is 45.7 Å². The Morgan fingerprint density at radius 3 is 1.80 bits per heavy atom. The number of aryl methyl sites for hydroxylation is 4. The molecule has 0 aliphatic carbocycles. The van der Waals surface area contributed by atoms with Gasteiger partial charge in [-0.3, -0.25) is 9.36 Å². The summed E-state index contributed by atoms with van der Waals surface area (Å²) in [7, 11) is 2.66. The number of hydrogen-bond acceptors (Lipinski definition) is 8. The van der Waals surface area contributed by atoms with Crippen LogP contribution in [-0.2, 0) is 39.6 Å². The quantitative estimate of drug-likeness (QED) is 0.234. The minimum atomic E-state index is -0.524. The molecule has 2 aromatic rings. The number of methoxy groups -OCH3 is 2. The summed E-state index contributed by atoms with van der Waals surface area (Å²) in [6, 6.07) is 1.95. The fraction of sp³-hybridized carbons (Fsp3) is 0.444. The van der Waals surface area contributed by atoms with Gasteiger partial charge in [-0.1, -0.05) is 0 Å². The molecule has 2 rings (SSSR count). The van der Waals surface area contributed by atoms with Crippen molar-refractivity contribution in [3.63, 3.8) is 0 Å². The first-order valence-electron chi connectivity index (χ1n) is 8.36. The molecule has 10 nitrogen and oxygen atoms in total. The molecule has 0 unspecified atom stereocenters. The summed E-state index contributed by atoms with van der Waals surface area (Å²) in [5, 5.41) is 23.4. The second kappa shape index (κ2) is 14.6. The molecule has 0 aliphatic rings. The molecular formula is C18H22CuIN6O4. The molecule has 166 valence electrons. The third-order valence-electron chi connectivity index (χ3n) is 3.65. The van der Waals surface area contributed by atoms with Gasteiger partial charge in [0.15, 0.2) is 11.4 Å². The van der Waals surface area contributed by atoms with E-state index >= 15 is 0 Å². The Hall–Kier alpha value is -2.41. The van der Waals surface area contributed by atoms with Gasteiger partial charge < -0.3 is 21.3 Å². The molecule has 2 aromatic heterocycles. The Balaban J connectivity index is 0. The van der Waals surface area contributed by atoms with Crippen LogP contribution in [0.3, 0.4) is 0 Å². The molecule has 0 aliphatic heterocycles. The minimum Gasteiger partial charge on any atom is -0.512 e. The number of carbonyl (C=O) groups is 2. The number of nitrogens with zero attached hydrogens (tertiary/aromatic N) is 6. The third-order valence-corrected chi connectivity index (χ3v) is 4.94. The molecule has 0 saturated carbocycles. The smallest absolute Gasteiger partial charge is 0.512 e. The van der Waals surface area contributed by atoms with Crippen molar-refractivity contribution in [1.82, 2.24) is 19.6 Å². The van der Waals surface area contributed by atoms with Crippen LogP contribution < -0.4 is 0 Å². The Morgan fingerprint density at radius 2 is 1.40 bits per heavy atom. The van der Waals surface area contributed by atoms with Gasteiger partial charge in [-0.25, -0.2) is 9.59 Å². The van der Waals surface area contributed by atoms with Crippen molar-refractivity contribution in [3.05, 3.63) is 38.5 Å². The molecule has 0 fully saturated rings. The molecule has 0 radical (unpaired) electrons. The van der Waals surface area contributed by atoms with Crippen molar-refractivity contribution in [1.29, 1.82) is 10.5 Å². The second-order valence-electron chi connectivity index (χ2n) is 5.28. The van der Waals surface area contributed by atoms with Crippen LogP contribution in [0.4, 0.5) is 0 Å². The maximum Gasteiger partial charge on any atom is 1.00 e. The number of carbonyl (C=O) groups excluding carboxylic acids is 2. The summed E-state index contributed by atoms with van der Waals surface area (Å²) >= 11 is 2.10. The first-order valence-corrected chi connectivity index (χ1v) is 9.44. The standard InChI is InChI=1S/C9H11N3O2.C8H11IN2O2.CN.Cu/c1-4-12-8(9(13)14-3)7(5-10)6(2)11-12;1-4-11-7(8(12)13-3)6(9)5(2)10-11;1-2;/h4H2,1-3H3;4H2,1-3H3;;/q;;-1;+1. The molecule has 0 bridgehead atoms. The number of aromatic nitrogens is 4. The molecule has 0 atom stereocenters. The van der Waals surface area contributed by atoms with Crippen molar-refractivity contribution < 1.29 is 36.1 Å². The van der Waals surface area contributed by atoms with Crippen LogP contribution in [0.5, 0.6) is 0 Å². The molecular weight excluding hydrogens is 555 g/mol. The number of nitriles is 1. The first-order chi connectivity index (χ1) is 13.8. The van der Waals surface area contributed by atoms with E-state index in [1.807, 2.05) is 26.8 Å². The monoisotopic (exact) mass is 576 g/mol. The van der Waals surface area contributed by atoms with Crippen molar-refractivity contribution in [3.8, 4) is 6.07 Å². The predicted octanol–water partition coefficient (Wildman–Crippen LogP) is 2.57. The van der Waals surface area contributed by atoms with E-state index in [0.717, 1.165) is 9.26 Å². The van der Waals surface area contributed by atoms with Gasteiger partial charge >= 0.3 is 29.0 Å². The number of esters is 2. The van der Waals surface area contributed by atoms with Crippen LogP contribution in [0, 0.1) is 40.6 Å². The van der Waals surface area contributed by atoms with Gasteiger partial charge in [-0.05, 0) is 50.3 Å². The van der Waals surface area contributed by atoms with E-state index in [1.54, 1.807) is 11.6 Å². The van der Waals surface area contributed by atoms with E-state index in [9.17, 15) is 9.59 Å². The van der Waals surface area contributed by atoms with Crippen molar-refractivity contribution in [2.75, 3.05) is 14.2 Å². The van der Waals surface area contributed by atoms with Crippen molar-refractivity contribution in [2.24, 2.45) is 0 Å². The summed E-state index contributed by atoms with van der Waals surface area (Å²) in [5.74, 6) is -0.851. The number of ether oxygens (including phenoxy) is 2. The van der Waals surface area contributed by atoms with Gasteiger partial charge in [0.2, 0.25) is 0 Å². The Bertz CT molecular complexity index is 929. The predicted molar refractivity (Wildman–Crippen MR) is 110 cm³/mol. The van der Waals surface area contributed by atoms with Crippen LogP contribution in [0.1, 0.15) is 51.8 Å². The molecule has 2 heterocycles. The average molecular weight is 577 g/mol. The van der Waals surface area contributed by atoms with Gasteiger partial charge in [0.05, 0.1) is 29.2 Å². The van der Waals surface area contributed by atoms with Gasteiger partial charge in [-0.2, -0.15) is 15.5 Å². The van der Waals surface area contributed by atoms with Gasteiger partial charge in [0.25, 0.3) is 0 Å². The normalized spacial score (nSPS) is 8.93. The van der Waals surface area contributed by atoms with Crippen molar-refractivity contribution in [2.45, 2.75) is 40.8 Å². The van der Waals surface area contributed by atoms with Crippen molar-refractivity contribution >= 4 is 34.5 Å². The minimum absolute atomic E-state index is 0. The second-order valence-corrected chi connectivity index (χ2v) is 6.36. The van der Waals surface area contributed by atoms with E-state index in [4.69, 9.17) is 17.1 Å². The number of hydrogen-bond donors (Lipinski definition) is 0. The van der Waals surface area contributed by atoms with Crippen LogP contribution >= 0.6 is 22.6 Å². The van der Waals surface area contributed by atoms with E-state index in [2.05, 4.69) is 42.3 Å². The maximum absolute atomic E-state index is 11.4. The molecule has 30 heavy (non-hydrogen) atoms. The molecule has 0 spiro atoms. The number of rotatable bonds is 4. The largest absolute Gasteiger partial charge is 1.00 e. The van der Waals surface area contributed by atoms with Gasteiger partial charge in [0.1, 0.15) is 11.6 Å². The zero-order valence-corrected chi connectivity index (χ0v) is 20.5. The van der Waals surface area contributed by atoms with Gasteiger partial charge in [-0.15, -0.1) is 0 Å². The van der Waals surface area contributed by atoms with E-state index < -0.39 is 5.97 Å². The van der Waals surface area contributed by atoms with Crippen LogP contribution in [0.15, 0.2) is 0 Å². The summed E-state index contributed by atoms with van der Waals surface area (Å²) in [6.45, 7) is 13.3. The summed E-state index contributed by atoms with van der Waals surface area (Å²) in [5.41, 5.74) is 2.48. The van der Waals surface area contributed by atoms with E-state index in [0.29, 0.717) is 30.0 Å². The summed E-state index contributed by atoms with van der Waals surface area (Å²) < 4.78 is 13.2. The van der Waals surface area contributed by atoms with Gasteiger partial charge in [0, 0.05) is 13.1 Å². The Kier molecular flexibility index (Phi) is 14.4. The van der Waals surface area contributed by atoms with Crippen LogP contribution in [0.25, 0.3) is 0 Å². The van der Waals surface area contributed by atoms with E-state index in [1.165, 1.54) is 18.9 Å². The molecule has 0 N–H and O–H groups in total.